The molecule has 1 heterocycles. The van der Waals surface area contributed by atoms with Crippen molar-refractivity contribution in [2.75, 3.05) is 5.32 Å². The third-order valence-corrected chi connectivity index (χ3v) is 2.73. The Morgan fingerprint density at radius 1 is 1.29 bits per heavy atom. The van der Waals surface area contributed by atoms with Gasteiger partial charge in [0.1, 0.15) is 12.0 Å². The van der Waals surface area contributed by atoms with Gasteiger partial charge in [-0.1, -0.05) is 6.07 Å². The molecule has 0 saturated heterocycles. The summed E-state index contributed by atoms with van der Waals surface area (Å²) in [5, 5.41) is 13.5. The molecule has 2 rings (SSSR count). The minimum absolute atomic E-state index is 0.0156. The SMILES string of the molecule is O=[N+]([O-])c1ccc(Nc2cccc(I)c2)nc1. The molecule has 1 aromatic carbocycles. The number of halogens is 1. The molecule has 0 amide bonds. The van der Waals surface area contributed by atoms with E-state index in [1.54, 1.807) is 6.07 Å². The van der Waals surface area contributed by atoms with Crippen LogP contribution < -0.4 is 5.32 Å². The van der Waals surface area contributed by atoms with Crippen LogP contribution in [0, 0.1) is 13.7 Å². The van der Waals surface area contributed by atoms with Crippen LogP contribution in [0.25, 0.3) is 0 Å². The van der Waals surface area contributed by atoms with E-state index in [2.05, 4.69) is 32.9 Å². The fourth-order valence-corrected chi connectivity index (χ4v) is 1.83. The van der Waals surface area contributed by atoms with Gasteiger partial charge in [0.25, 0.3) is 5.69 Å². The van der Waals surface area contributed by atoms with Crippen LogP contribution in [0.2, 0.25) is 0 Å². The molecule has 0 aliphatic rings. The zero-order chi connectivity index (χ0) is 12.3. The second-order valence-electron chi connectivity index (χ2n) is 3.29. The average Bonchev–Trinajstić information content (AvgIpc) is 2.29. The summed E-state index contributed by atoms with van der Waals surface area (Å²) in [6.07, 6.45) is 1.23. The van der Waals surface area contributed by atoms with Crippen LogP contribution in [0.15, 0.2) is 42.6 Å². The Balaban J connectivity index is 2.16. The predicted octanol–water partition coefficient (Wildman–Crippen LogP) is 3.34. The molecule has 0 fully saturated rings. The highest BCUT2D eigenvalue weighted by atomic mass is 127. The second-order valence-corrected chi connectivity index (χ2v) is 4.54. The Hall–Kier alpha value is -1.70. The van der Waals surface area contributed by atoms with Crippen LogP contribution in [0.3, 0.4) is 0 Å². The molecule has 86 valence electrons. The highest BCUT2D eigenvalue weighted by Crippen LogP contribution is 2.18. The average molecular weight is 341 g/mol. The van der Waals surface area contributed by atoms with Crippen molar-refractivity contribution in [3.05, 3.63) is 56.3 Å². The molecule has 0 spiro atoms. The molecule has 6 heteroatoms. The Labute approximate surface area is 111 Å². The summed E-state index contributed by atoms with van der Waals surface area (Å²) >= 11 is 2.21. The van der Waals surface area contributed by atoms with Crippen LogP contribution >= 0.6 is 22.6 Å². The number of hydrogen-bond donors (Lipinski definition) is 1. The number of nitrogens with one attached hydrogen (secondary N) is 1. The molecular weight excluding hydrogens is 333 g/mol. The van der Waals surface area contributed by atoms with Gasteiger partial charge in [-0.25, -0.2) is 4.98 Å². The lowest BCUT2D eigenvalue weighted by atomic mass is 10.3. The molecule has 2 aromatic rings. The topological polar surface area (TPSA) is 68.1 Å². The molecule has 0 aliphatic heterocycles. The van der Waals surface area contributed by atoms with Gasteiger partial charge in [-0.3, -0.25) is 10.1 Å². The Morgan fingerprint density at radius 3 is 2.71 bits per heavy atom. The van der Waals surface area contributed by atoms with Gasteiger partial charge in [0.05, 0.1) is 4.92 Å². The molecule has 1 N–H and O–H groups in total. The summed E-state index contributed by atoms with van der Waals surface area (Å²) in [5.74, 6) is 0.581. The molecule has 0 aliphatic carbocycles. The van der Waals surface area contributed by atoms with Crippen molar-refractivity contribution in [3.63, 3.8) is 0 Å². The zero-order valence-corrected chi connectivity index (χ0v) is 10.8. The van der Waals surface area contributed by atoms with E-state index in [1.807, 2.05) is 24.3 Å². The van der Waals surface area contributed by atoms with Crippen molar-refractivity contribution in [2.24, 2.45) is 0 Å². The van der Waals surface area contributed by atoms with Crippen LogP contribution in [0.1, 0.15) is 0 Å². The lowest BCUT2D eigenvalue weighted by Gasteiger charge is -2.05. The van der Waals surface area contributed by atoms with E-state index in [0.29, 0.717) is 5.82 Å². The van der Waals surface area contributed by atoms with Crippen LogP contribution in [-0.2, 0) is 0 Å². The Morgan fingerprint density at radius 2 is 2.12 bits per heavy atom. The van der Waals surface area contributed by atoms with Crippen molar-refractivity contribution in [3.8, 4) is 0 Å². The highest BCUT2D eigenvalue weighted by molar-refractivity contribution is 14.1. The number of benzene rings is 1. The third-order valence-electron chi connectivity index (χ3n) is 2.06. The van der Waals surface area contributed by atoms with Crippen molar-refractivity contribution in [2.45, 2.75) is 0 Å². The molecule has 0 unspecified atom stereocenters. The lowest BCUT2D eigenvalue weighted by Crippen LogP contribution is -1.95. The van der Waals surface area contributed by atoms with Crippen molar-refractivity contribution < 1.29 is 4.92 Å². The first-order valence-corrected chi connectivity index (χ1v) is 5.86. The molecule has 5 nitrogen and oxygen atoms in total. The monoisotopic (exact) mass is 341 g/mol. The van der Waals surface area contributed by atoms with Gasteiger partial charge in [0.2, 0.25) is 0 Å². The molecule has 1 aromatic heterocycles. The minimum atomic E-state index is -0.470. The molecule has 0 bridgehead atoms. The number of hydrogen-bond acceptors (Lipinski definition) is 4. The minimum Gasteiger partial charge on any atom is -0.340 e. The summed E-state index contributed by atoms with van der Waals surface area (Å²) in [4.78, 5) is 14.0. The summed E-state index contributed by atoms with van der Waals surface area (Å²) in [6, 6.07) is 10.8. The smallest absolute Gasteiger partial charge is 0.287 e. The van der Waals surface area contributed by atoms with Gasteiger partial charge in [-0.15, -0.1) is 0 Å². The van der Waals surface area contributed by atoms with Gasteiger partial charge in [0, 0.05) is 15.3 Å². The number of pyridine rings is 1. The maximum atomic E-state index is 10.5. The Kier molecular flexibility index (Phi) is 3.52. The van der Waals surface area contributed by atoms with Crippen LogP contribution in [-0.4, -0.2) is 9.91 Å². The fourth-order valence-electron chi connectivity index (χ4n) is 1.28. The van der Waals surface area contributed by atoms with Gasteiger partial charge in [-0.2, -0.15) is 0 Å². The second kappa shape index (κ2) is 5.09. The van der Waals surface area contributed by atoms with E-state index < -0.39 is 4.92 Å². The number of nitro groups is 1. The maximum absolute atomic E-state index is 10.5. The first-order chi connectivity index (χ1) is 8.15. The van der Waals surface area contributed by atoms with E-state index in [1.165, 1.54) is 12.3 Å². The number of rotatable bonds is 3. The molecule has 0 saturated carbocycles. The van der Waals surface area contributed by atoms with Gasteiger partial charge in [-0.05, 0) is 46.9 Å². The highest BCUT2D eigenvalue weighted by Gasteiger charge is 2.05. The van der Waals surface area contributed by atoms with Gasteiger partial charge in [0.15, 0.2) is 0 Å². The first-order valence-electron chi connectivity index (χ1n) is 4.78. The Bertz CT molecular complexity index is 543. The number of aromatic nitrogens is 1. The lowest BCUT2D eigenvalue weighted by molar-refractivity contribution is -0.385. The zero-order valence-electron chi connectivity index (χ0n) is 8.63. The van der Waals surface area contributed by atoms with Crippen LogP contribution in [0.5, 0.6) is 0 Å². The van der Waals surface area contributed by atoms with E-state index in [9.17, 15) is 10.1 Å². The largest absolute Gasteiger partial charge is 0.340 e. The summed E-state index contributed by atoms with van der Waals surface area (Å²) < 4.78 is 1.11. The van der Waals surface area contributed by atoms with Gasteiger partial charge >= 0.3 is 0 Å². The predicted molar refractivity (Wildman–Crippen MR) is 73.3 cm³/mol. The maximum Gasteiger partial charge on any atom is 0.287 e. The number of anilines is 2. The molecular formula is C11H8IN3O2. The van der Waals surface area contributed by atoms with E-state index >= 15 is 0 Å². The molecule has 17 heavy (non-hydrogen) atoms. The standard InChI is InChI=1S/C11H8IN3O2/c12-8-2-1-3-9(6-8)14-11-5-4-10(7-13-11)15(16)17/h1-7H,(H,13,14). The summed E-state index contributed by atoms with van der Waals surface area (Å²) in [5.41, 5.74) is 0.886. The number of nitrogens with zero attached hydrogens (tertiary/aromatic N) is 2. The van der Waals surface area contributed by atoms with E-state index in [-0.39, 0.29) is 5.69 Å². The fraction of sp³-hybridized carbons (Fsp3) is 0. The first kappa shape index (κ1) is 11.8. The van der Waals surface area contributed by atoms with Gasteiger partial charge < -0.3 is 5.32 Å². The quantitative estimate of drug-likeness (QED) is 0.528. The van der Waals surface area contributed by atoms with E-state index in [4.69, 9.17) is 0 Å². The normalized spacial score (nSPS) is 9.94. The molecule has 0 radical (unpaired) electrons. The molecule has 0 atom stereocenters. The van der Waals surface area contributed by atoms with Crippen LogP contribution in [0.4, 0.5) is 17.2 Å². The van der Waals surface area contributed by atoms with Crippen molar-refractivity contribution in [1.82, 2.24) is 4.98 Å². The third kappa shape index (κ3) is 3.13. The summed E-state index contributed by atoms with van der Waals surface area (Å²) in [7, 11) is 0. The van der Waals surface area contributed by atoms with Crippen molar-refractivity contribution >= 4 is 39.8 Å². The van der Waals surface area contributed by atoms with E-state index in [0.717, 1.165) is 9.26 Å². The summed E-state index contributed by atoms with van der Waals surface area (Å²) in [6.45, 7) is 0. The van der Waals surface area contributed by atoms with Crippen molar-refractivity contribution in [1.29, 1.82) is 0 Å².